The van der Waals surface area contributed by atoms with E-state index in [1.54, 1.807) is 17.0 Å². The third-order valence-electron chi connectivity index (χ3n) is 2.77. The molecule has 0 radical (unpaired) electrons. The van der Waals surface area contributed by atoms with Crippen LogP contribution in [0.3, 0.4) is 0 Å². The quantitative estimate of drug-likeness (QED) is 0.792. The summed E-state index contributed by atoms with van der Waals surface area (Å²) in [5.41, 5.74) is 0.485. The topological polar surface area (TPSA) is 49.8 Å². The number of hydrogen-bond acceptors (Lipinski definition) is 3. The maximum Gasteiger partial charge on any atom is 0.254 e. The Bertz CT molecular complexity index is 454. The largest absolute Gasteiger partial charge is 0.504 e. The van der Waals surface area contributed by atoms with Crippen LogP contribution in [0.4, 0.5) is 0 Å². The van der Waals surface area contributed by atoms with Crippen LogP contribution in [0, 0.1) is 0 Å². The minimum absolute atomic E-state index is 0.00842. The molecule has 2 rings (SSSR count). The van der Waals surface area contributed by atoms with Crippen molar-refractivity contribution in [3.05, 3.63) is 35.9 Å². The Morgan fingerprint density at radius 1 is 1.41 bits per heavy atom. The van der Waals surface area contributed by atoms with E-state index in [0.717, 1.165) is 13.0 Å². The van der Waals surface area contributed by atoms with Crippen LogP contribution in [-0.4, -0.2) is 36.1 Å². The molecule has 1 amide bonds. The summed E-state index contributed by atoms with van der Waals surface area (Å²) in [7, 11) is 1.48. The lowest BCUT2D eigenvalue weighted by Gasteiger charge is -2.23. The van der Waals surface area contributed by atoms with Gasteiger partial charge in [0.2, 0.25) is 0 Å². The fourth-order valence-electron chi connectivity index (χ4n) is 1.83. The van der Waals surface area contributed by atoms with Crippen LogP contribution in [0.15, 0.2) is 30.4 Å². The summed E-state index contributed by atoms with van der Waals surface area (Å²) in [5, 5.41) is 9.63. The van der Waals surface area contributed by atoms with Gasteiger partial charge in [0.15, 0.2) is 11.5 Å². The fraction of sp³-hybridized carbons (Fsp3) is 0.308. The van der Waals surface area contributed by atoms with Gasteiger partial charge in [-0.05, 0) is 24.6 Å². The second-order valence-electron chi connectivity index (χ2n) is 3.90. The molecule has 90 valence electrons. The van der Waals surface area contributed by atoms with Gasteiger partial charge < -0.3 is 14.7 Å². The van der Waals surface area contributed by atoms with Crippen molar-refractivity contribution >= 4 is 5.91 Å². The number of hydrogen-bond donors (Lipinski definition) is 1. The molecule has 1 aromatic rings. The minimum atomic E-state index is -0.0627. The highest BCUT2D eigenvalue weighted by Crippen LogP contribution is 2.26. The molecule has 1 aliphatic rings. The number of ether oxygens (including phenoxy) is 1. The maximum atomic E-state index is 12.1. The van der Waals surface area contributed by atoms with E-state index in [1.807, 2.05) is 6.08 Å². The highest BCUT2D eigenvalue weighted by atomic mass is 16.5. The molecule has 1 aromatic carbocycles. The van der Waals surface area contributed by atoms with Crippen molar-refractivity contribution in [3.8, 4) is 11.5 Å². The smallest absolute Gasteiger partial charge is 0.254 e. The number of aromatic hydroxyl groups is 1. The highest BCUT2D eigenvalue weighted by molar-refractivity contribution is 5.95. The Morgan fingerprint density at radius 2 is 2.24 bits per heavy atom. The Labute approximate surface area is 100 Å². The van der Waals surface area contributed by atoms with E-state index in [9.17, 15) is 9.90 Å². The molecule has 0 saturated heterocycles. The summed E-state index contributed by atoms with van der Waals surface area (Å²) in [6.45, 7) is 1.35. The van der Waals surface area contributed by atoms with Crippen LogP contribution in [-0.2, 0) is 0 Å². The van der Waals surface area contributed by atoms with Gasteiger partial charge in [-0.25, -0.2) is 0 Å². The first-order chi connectivity index (χ1) is 8.22. The molecule has 0 unspecified atom stereocenters. The summed E-state index contributed by atoms with van der Waals surface area (Å²) in [6.07, 6.45) is 4.92. The summed E-state index contributed by atoms with van der Waals surface area (Å²) in [6, 6.07) is 4.71. The molecule has 0 atom stereocenters. The standard InChI is InChI=1S/C13H15NO3/c1-17-12-6-5-10(9-11(12)15)13(16)14-7-3-2-4-8-14/h2-3,5-6,9,15H,4,7-8H2,1H3. The summed E-state index contributed by atoms with van der Waals surface area (Å²) in [4.78, 5) is 13.8. The molecule has 0 aliphatic carbocycles. The lowest BCUT2D eigenvalue weighted by Crippen LogP contribution is -2.33. The first-order valence-electron chi connectivity index (χ1n) is 5.53. The van der Waals surface area contributed by atoms with Gasteiger partial charge in [0, 0.05) is 18.7 Å². The van der Waals surface area contributed by atoms with Gasteiger partial charge in [0.05, 0.1) is 7.11 Å². The average molecular weight is 233 g/mol. The van der Waals surface area contributed by atoms with Crippen molar-refractivity contribution in [1.29, 1.82) is 0 Å². The first-order valence-corrected chi connectivity index (χ1v) is 5.53. The van der Waals surface area contributed by atoms with Gasteiger partial charge >= 0.3 is 0 Å². The van der Waals surface area contributed by atoms with Crippen LogP contribution >= 0.6 is 0 Å². The number of nitrogens with zero attached hydrogens (tertiary/aromatic N) is 1. The summed E-state index contributed by atoms with van der Waals surface area (Å²) >= 11 is 0. The van der Waals surface area contributed by atoms with Crippen LogP contribution in [0.25, 0.3) is 0 Å². The number of carbonyl (C=O) groups is 1. The molecule has 4 nitrogen and oxygen atoms in total. The molecule has 17 heavy (non-hydrogen) atoms. The SMILES string of the molecule is COc1ccc(C(=O)N2CC=CCC2)cc1O. The summed E-state index contributed by atoms with van der Waals surface area (Å²) < 4.78 is 4.94. The minimum Gasteiger partial charge on any atom is -0.504 e. The van der Waals surface area contributed by atoms with Crippen molar-refractivity contribution in [2.24, 2.45) is 0 Å². The number of phenolic OH excluding ortho intramolecular Hbond substituents is 1. The van der Waals surface area contributed by atoms with E-state index in [-0.39, 0.29) is 11.7 Å². The van der Waals surface area contributed by atoms with Gasteiger partial charge in [-0.3, -0.25) is 4.79 Å². The number of phenols is 1. The van der Waals surface area contributed by atoms with E-state index in [0.29, 0.717) is 17.9 Å². The zero-order valence-corrected chi connectivity index (χ0v) is 9.72. The molecule has 0 bridgehead atoms. The number of rotatable bonds is 2. The van der Waals surface area contributed by atoms with E-state index in [1.165, 1.54) is 13.2 Å². The summed E-state index contributed by atoms with van der Waals surface area (Å²) in [5.74, 6) is 0.304. The van der Waals surface area contributed by atoms with Crippen molar-refractivity contribution in [3.63, 3.8) is 0 Å². The zero-order chi connectivity index (χ0) is 12.3. The van der Waals surface area contributed by atoms with E-state index in [2.05, 4.69) is 6.08 Å². The van der Waals surface area contributed by atoms with E-state index < -0.39 is 0 Å². The normalized spacial score (nSPS) is 14.8. The molecular weight excluding hydrogens is 218 g/mol. The Balaban J connectivity index is 2.19. The lowest BCUT2D eigenvalue weighted by atomic mass is 10.1. The van der Waals surface area contributed by atoms with Crippen LogP contribution in [0.1, 0.15) is 16.8 Å². The van der Waals surface area contributed by atoms with Crippen LogP contribution in [0.2, 0.25) is 0 Å². The third kappa shape index (κ3) is 2.41. The molecule has 1 aliphatic heterocycles. The number of carbonyl (C=O) groups excluding carboxylic acids is 1. The van der Waals surface area contributed by atoms with Crippen molar-refractivity contribution in [2.75, 3.05) is 20.2 Å². The lowest BCUT2D eigenvalue weighted by molar-refractivity contribution is 0.0770. The number of amides is 1. The van der Waals surface area contributed by atoms with Crippen molar-refractivity contribution in [2.45, 2.75) is 6.42 Å². The molecule has 4 heteroatoms. The second kappa shape index (κ2) is 4.91. The van der Waals surface area contributed by atoms with E-state index in [4.69, 9.17) is 4.74 Å². The first kappa shape index (κ1) is 11.5. The predicted octanol–water partition coefficient (Wildman–Crippen LogP) is 1.80. The molecule has 0 saturated carbocycles. The Kier molecular flexibility index (Phi) is 3.32. The van der Waals surface area contributed by atoms with Crippen LogP contribution in [0.5, 0.6) is 11.5 Å². The highest BCUT2D eigenvalue weighted by Gasteiger charge is 2.17. The molecular formula is C13H15NO3. The molecule has 0 fully saturated rings. The predicted molar refractivity (Wildman–Crippen MR) is 64.3 cm³/mol. The second-order valence-corrected chi connectivity index (χ2v) is 3.90. The third-order valence-corrected chi connectivity index (χ3v) is 2.77. The average Bonchev–Trinajstić information content (AvgIpc) is 2.39. The number of methoxy groups -OCH3 is 1. The van der Waals surface area contributed by atoms with Gasteiger partial charge in [-0.15, -0.1) is 0 Å². The molecule has 1 heterocycles. The molecule has 0 aromatic heterocycles. The Morgan fingerprint density at radius 3 is 2.82 bits per heavy atom. The Hall–Kier alpha value is -1.97. The monoisotopic (exact) mass is 233 g/mol. The molecule has 0 spiro atoms. The maximum absolute atomic E-state index is 12.1. The molecule has 1 N–H and O–H groups in total. The van der Waals surface area contributed by atoms with Crippen molar-refractivity contribution in [1.82, 2.24) is 4.90 Å². The fourth-order valence-corrected chi connectivity index (χ4v) is 1.83. The van der Waals surface area contributed by atoms with E-state index >= 15 is 0 Å². The number of benzene rings is 1. The van der Waals surface area contributed by atoms with Gasteiger partial charge in [-0.1, -0.05) is 12.2 Å². The van der Waals surface area contributed by atoms with Crippen molar-refractivity contribution < 1.29 is 14.6 Å². The van der Waals surface area contributed by atoms with Crippen LogP contribution < -0.4 is 4.74 Å². The van der Waals surface area contributed by atoms with Gasteiger partial charge in [0.1, 0.15) is 0 Å². The zero-order valence-electron chi connectivity index (χ0n) is 9.72. The van der Waals surface area contributed by atoms with Gasteiger partial charge in [0.25, 0.3) is 5.91 Å². The van der Waals surface area contributed by atoms with Gasteiger partial charge in [-0.2, -0.15) is 0 Å².